The number of hydrogen-bond acceptors (Lipinski definition) is 1. The standard InChI is InChI=1S/C7H11O/c1-2-6-5-7(6)3-4-8/h6-7H,2-3,5H2,1H3/t6-,7+/m0/s1. The molecule has 0 aromatic heterocycles. The topological polar surface area (TPSA) is 17.1 Å². The first-order valence-electron chi connectivity index (χ1n) is 3.23. The molecule has 0 N–H and O–H groups in total. The Kier molecular flexibility index (Phi) is 1.66. The molecule has 1 nitrogen and oxygen atoms in total. The summed E-state index contributed by atoms with van der Waals surface area (Å²) in [6.45, 7) is 2.18. The number of hydrogen-bond donors (Lipinski definition) is 0. The summed E-state index contributed by atoms with van der Waals surface area (Å²) in [6, 6.07) is 0. The van der Waals surface area contributed by atoms with Gasteiger partial charge in [0.25, 0.3) is 0 Å². The predicted octanol–water partition coefficient (Wildman–Crippen LogP) is 1.53. The third kappa shape index (κ3) is 1.09. The van der Waals surface area contributed by atoms with Crippen molar-refractivity contribution >= 4 is 6.29 Å². The monoisotopic (exact) mass is 111 g/mol. The van der Waals surface area contributed by atoms with E-state index in [0.29, 0.717) is 12.3 Å². The summed E-state index contributed by atoms with van der Waals surface area (Å²) >= 11 is 0. The summed E-state index contributed by atoms with van der Waals surface area (Å²) in [6.07, 6.45) is 5.14. The summed E-state index contributed by atoms with van der Waals surface area (Å²) in [5.74, 6) is 1.56. The van der Waals surface area contributed by atoms with E-state index in [0.717, 1.165) is 5.92 Å². The van der Waals surface area contributed by atoms with Gasteiger partial charge in [0.05, 0.1) is 0 Å². The average molecular weight is 111 g/mol. The summed E-state index contributed by atoms with van der Waals surface area (Å²) in [5.41, 5.74) is 0. The van der Waals surface area contributed by atoms with Crippen molar-refractivity contribution in [2.45, 2.75) is 26.2 Å². The highest BCUT2D eigenvalue weighted by atomic mass is 16.1. The number of rotatable bonds is 3. The van der Waals surface area contributed by atoms with E-state index >= 15 is 0 Å². The molecule has 1 saturated carbocycles. The second-order valence-corrected chi connectivity index (χ2v) is 2.51. The molecule has 1 heteroatoms. The van der Waals surface area contributed by atoms with Crippen molar-refractivity contribution in [2.75, 3.05) is 0 Å². The molecule has 8 heavy (non-hydrogen) atoms. The van der Waals surface area contributed by atoms with Crippen LogP contribution < -0.4 is 0 Å². The first-order valence-corrected chi connectivity index (χ1v) is 3.23. The largest absolute Gasteiger partial charge is 0.291 e. The lowest BCUT2D eigenvalue weighted by atomic mass is 10.2. The molecular weight excluding hydrogens is 100 g/mol. The summed E-state index contributed by atoms with van der Waals surface area (Å²) in [5, 5.41) is 0. The zero-order valence-electron chi connectivity index (χ0n) is 5.18. The Bertz CT molecular complexity index is 88.4. The molecule has 2 atom stereocenters. The molecule has 1 aliphatic carbocycles. The molecule has 45 valence electrons. The van der Waals surface area contributed by atoms with Crippen LogP contribution in [0.3, 0.4) is 0 Å². The zero-order valence-corrected chi connectivity index (χ0v) is 5.18. The molecule has 0 saturated heterocycles. The van der Waals surface area contributed by atoms with Crippen LogP contribution in [0.2, 0.25) is 0 Å². The lowest BCUT2D eigenvalue weighted by Gasteiger charge is -1.84. The van der Waals surface area contributed by atoms with Crippen LogP contribution in [0.15, 0.2) is 0 Å². The maximum absolute atomic E-state index is 9.79. The number of carbonyl (C=O) groups excluding carboxylic acids is 1. The Morgan fingerprint density at radius 1 is 1.62 bits per heavy atom. The van der Waals surface area contributed by atoms with Crippen LogP contribution in [-0.2, 0) is 4.79 Å². The molecule has 0 aromatic carbocycles. The van der Waals surface area contributed by atoms with E-state index in [-0.39, 0.29) is 0 Å². The molecule has 0 spiro atoms. The van der Waals surface area contributed by atoms with Crippen molar-refractivity contribution < 1.29 is 4.79 Å². The third-order valence-corrected chi connectivity index (χ3v) is 1.94. The second kappa shape index (κ2) is 2.29. The molecule has 1 aliphatic rings. The molecule has 0 unspecified atom stereocenters. The quantitative estimate of drug-likeness (QED) is 0.539. The second-order valence-electron chi connectivity index (χ2n) is 2.51. The smallest absolute Gasteiger partial charge is 0.198 e. The minimum atomic E-state index is 0.679. The van der Waals surface area contributed by atoms with E-state index in [9.17, 15) is 4.79 Å². The Morgan fingerprint density at radius 3 is 2.75 bits per heavy atom. The van der Waals surface area contributed by atoms with Gasteiger partial charge in [0.1, 0.15) is 0 Å². The summed E-state index contributed by atoms with van der Waals surface area (Å²) in [4.78, 5) is 9.79. The van der Waals surface area contributed by atoms with Crippen molar-refractivity contribution in [1.29, 1.82) is 0 Å². The van der Waals surface area contributed by atoms with Gasteiger partial charge in [-0.05, 0) is 18.3 Å². The van der Waals surface area contributed by atoms with Crippen LogP contribution in [-0.4, -0.2) is 6.29 Å². The highest BCUT2D eigenvalue weighted by molar-refractivity contribution is 5.51. The van der Waals surface area contributed by atoms with Crippen molar-refractivity contribution in [3.8, 4) is 0 Å². The molecule has 0 bridgehead atoms. The first kappa shape index (κ1) is 5.80. The lowest BCUT2D eigenvalue weighted by Crippen LogP contribution is -1.80. The average Bonchev–Trinajstić information content (AvgIpc) is 2.48. The normalized spacial score (nSPS) is 34.6. The van der Waals surface area contributed by atoms with Crippen molar-refractivity contribution in [1.82, 2.24) is 0 Å². The Labute approximate surface area is 50.1 Å². The minimum Gasteiger partial charge on any atom is -0.291 e. The third-order valence-electron chi connectivity index (χ3n) is 1.94. The van der Waals surface area contributed by atoms with E-state index < -0.39 is 0 Å². The lowest BCUT2D eigenvalue weighted by molar-refractivity contribution is 0.542. The van der Waals surface area contributed by atoms with Crippen molar-refractivity contribution in [2.24, 2.45) is 11.8 Å². The van der Waals surface area contributed by atoms with E-state index in [1.165, 1.54) is 12.8 Å². The Hall–Kier alpha value is -0.330. The molecule has 1 fully saturated rings. The molecule has 0 amide bonds. The van der Waals surface area contributed by atoms with Gasteiger partial charge in [-0.1, -0.05) is 13.3 Å². The van der Waals surface area contributed by atoms with Crippen molar-refractivity contribution in [3.63, 3.8) is 0 Å². The van der Waals surface area contributed by atoms with E-state index in [1.54, 1.807) is 0 Å². The van der Waals surface area contributed by atoms with Gasteiger partial charge in [-0.3, -0.25) is 4.79 Å². The summed E-state index contributed by atoms with van der Waals surface area (Å²) < 4.78 is 0. The molecule has 1 rings (SSSR count). The van der Waals surface area contributed by atoms with Gasteiger partial charge < -0.3 is 0 Å². The molecule has 0 aromatic rings. The fraction of sp³-hybridized carbons (Fsp3) is 0.857. The van der Waals surface area contributed by atoms with Gasteiger partial charge in [0.2, 0.25) is 0 Å². The van der Waals surface area contributed by atoms with Crippen LogP contribution in [0.4, 0.5) is 0 Å². The van der Waals surface area contributed by atoms with E-state index in [2.05, 4.69) is 6.92 Å². The molecular formula is C7H11O. The highest BCUT2D eigenvalue weighted by Crippen LogP contribution is 2.42. The molecule has 0 aliphatic heterocycles. The van der Waals surface area contributed by atoms with Gasteiger partial charge >= 0.3 is 0 Å². The van der Waals surface area contributed by atoms with Crippen LogP contribution in [0.5, 0.6) is 0 Å². The van der Waals surface area contributed by atoms with Gasteiger partial charge in [0, 0.05) is 6.42 Å². The molecule has 1 radical (unpaired) electrons. The maximum atomic E-state index is 9.79. The highest BCUT2D eigenvalue weighted by Gasteiger charge is 2.34. The van der Waals surface area contributed by atoms with Crippen LogP contribution >= 0.6 is 0 Å². The fourth-order valence-electron chi connectivity index (χ4n) is 1.17. The molecule has 0 heterocycles. The van der Waals surface area contributed by atoms with Crippen LogP contribution in [0, 0.1) is 11.8 Å². The Balaban J connectivity index is 2.07. The first-order chi connectivity index (χ1) is 3.88. The minimum absolute atomic E-state index is 0.679. The SMILES string of the molecule is CC[C@H]1C[C@H]1C[C]=O. The summed E-state index contributed by atoms with van der Waals surface area (Å²) in [7, 11) is 0. The van der Waals surface area contributed by atoms with Gasteiger partial charge in [0.15, 0.2) is 6.29 Å². The zero-order chi connectivity index (χ0) is 5.98. The van der Waals surface area contributed by atoms with E-state index in [4.69, 9.17) is 0 Å². The van der Waals surface area contributed by atoms with Gasteiger partial charge in [-0.25, -0.2) is 0 Å². The van der Waals surface area contributed by atoms with Crippen LogP contribution in [0.25, 0.3) is 0 Å². The Morgan fingerprint density at radius 2 is 2.38 bits per heavy atom. The fourth-order valence-corrected chi connectivity index (χ4v) is 1.17. The van der Waals surface area contributed by atoms with Crippen molar-refractivity contribution in [3.05, 3.63) is 0 Å². The predicted molar refractivity (Wildman–Crippen MR) is 32.2 cm³/mol. The van der Waals surface area contributed by atoms with E-state index in [1.807, 2.05) is 6.29 Å². The van der Waals surface area contributed by atoms with Gasteiger partial charge in [-0.2, -0.15) is 0 Å². The van der Waals surface area contributed by atoms with Crippen LogP contribution in [0.1, 0.15) is 26.2 Å². The maximum Gasteiger partial charge on any atom is 0.198 e. The van der Waals surface area contributed by atoms with Gasteiger partial charge in [-0.15, -0.1) is 0 Å².